The highest BCUT2D eigenvalue weighted by atomic mass is 16.4. The molecule has 0 bridgehead atoms. The van der Waals surface area contributed by atoms with Crippen LogP contribution in [0.15, 0.2) is 65.2 Å². The minimum Gasteiger partial charge on any atom is -0.436 e. The van der Waals surface area contributed by atoms with Gasteiger partial charge in [0.15, 0.2) is 5.76 Å². The molecule has 3 aromatic rings. The Bertz CT molecular complexity index is 918. The molecule has 0 saturated carbocycles. The average Bonchev–Trinajstić information content (AvgIpc) is 3.22. The number of nitrogens with two attached hydrogens (primary N) is 1. The molecule has 0 radical (unpaired) electrons. The van der Waals surface area contributed by atoms with Crippen LogP contribution in [0.4, 0.5) is 0 Å². The van der Waals surface area contributed by atoms with Crippen molar-refractivity contribution in [3.63, 3.8) is 0 Å². The third-order valence-electron chi connectivity index (χ3n) is 4.95. The molecular formula is C23H27N3O2. The molecule has 0 fully saturated rings. The van der Waals surface area contributed by atoms with Gasteiger partial charge in [-0.05, 0) is 24.5 Å². The summed E-state index contributed by atoms with van der Waals surface area (Å²) in [5.41, 5.74) is 8.33. The molecule has 1 amide bonds. The molecule has 2 aromatic carbocycles. The molecule has 0 aliphatic carbocycles. The van der Waals surface area contributed by atoms with Crippen LogP contribution in [0, 0.1) is 5.92 Å². The second-order valence-corrected chi connectivity index (χ2v) is 7.36. The Labute approximate surface area is 166 Å². The molecule has 0 saturated heterocycles. The maximum absolute atomic E-state index is 13.0. The quantitative estimate of drug-likeness (QED) is 0.660. The molecule has 5 nitrogen and oxygen atoms in total. The van der Waals surface area contributed by atoms with Gasteiger partial charge in [-0.3, -0.25) is 4.79 Å². The van der Waals surface area contributed by atoms with Gasteiger partial charge in [0.05, 0.1) is 11.8 Å². The Kier molecular flexibility index (Phi) is 6.26. The minimum atomic E-state index is -0.0639. The van der Waals surface area contributed by atoms with Gasteiger partial charge < -0.3 is 15.1 Å². The van der Waals surface area contributed by atoms with Crippen molar-refractivity contribution >= 4 is 5.91 Å². The number of carbonyl (C=O) groups excluding carboxylic acids is 1. The molecule has 5 heteroatoms. The van der Waals surface area contributed by atoms with Crippen molar-refractivity contribution in [1.82, 2.24) is 9.88 Å². The van der Waals surface area contributed by atoms with Gasteiger partial charge in [0, 0.05) is 30.8 Å². The van der Waals surface area contributed by atoms with Gasteiger partial charge in [-0.15, -0.1) is 0 Å². The van der Waals surface area contributed by atoms with Crippen molar-refractivity contribution in [2.75, 3.05) is 13.6 Å². The Hall–Kier alpha value is -2.92. The number of carbonyl (C=O) groups is 1. The Morgan fingerprint density at radius 3 is 2.50 bits per heavy atom. The van der Waals surface area contributed by atoms with Crippen molar-refractivity contribution in [1.29, 1.82) is 0 Å². The van der Waals surface area contributed by atoms with Gasteiger partial charge in [0.25, 0.3) is 5.91 Å². The topological polar surface area (TPSA) is 72.4 Å². The molecular weight excluding hydrogens is 350 g/mol. The fourth-order valence-corrected chi connectivity index (χ4v) is 2.97. The SMILES string of the molecule is CC(C)C(N)CCN(C)C(=O)c1ccccc1-c1ncc(-c2ccccc2)o1. The van der Waals surface area contributed by atoms with Crippen LogP contribution < -0.4 is 5.73 Å². The maximum atomic E-state index is 13.0. The van der Waals surface area contributed by atoms with Crippen LogP contribution in [0.1, 0.15) is 30.6 Å². The molecule has 1 unspecified atom stereocenters. The predicted octanol–water partition coefficient (Wildman–Crippen LogP) is 4.45. The van der Waals surface area contributed by atoms with Crippen molar-refractivity contribution in [3.05, 3.63) is 66.4 Å². The van der Waals surface area contributed by atoms with E-state index < -0.39 is 0 Å². The van der Waals surface area contributed by atoms with Crippen LogP contribution in [0.5, 0.6) is 0 Å². The number of hydrogen-bond donors (Lipinski definition) is 1. The predicted molar refractivity (Wildman–Crippen MR) is 112 cm³/mol. The summed E-state index contributed by atoms with van der Waals surface area (Å²) in [7, 11) is 1.80. The van der Waals surface area contributed by atoms with Crippen molar-refractivity contribution in [2.24, 2.45) is 11.7 Å². The average molecular weight is 377 g/mol. The number of oxazole rings is 1. The van der Waals surface area contributed by atoms with E-state index in [0.717, 1.165) is 12.0 Å². The zero-order valence-corrected chi connectivity index (χ0v) is 16.6. The summed E-state index contributed by atoms with van der Waals surface area (Å²) >= 11 is 0. The second-order valence-electron chi connectivity index (χ2n) is 7.36. The van der Waals surface area contributed by atoms with E-state index in [0.29, 0.717) is 35.2 Å². The zero-order chi connectivity index (χ0) is 20.1. The van der Waals surface area contributed by atoms with Crippen LogP contribution in [-0.4, -0.2) is 35.4 Å². The van der Waals surface area contributed by atoms with E-state index >= 15 is 0 Å². The summed E-state index contributed by atoms with van der Waals surface area (Å²) in [6.07, 6.45) is 2.45. The summed E-state index contributed by atoms with van der Waals surface area (Å²) in [6, 6.07) is 17.3. The number of hydrogen-bond acceptors (Lipinski definition) is 4. The molecule has 28 heavy (non-hydrogen) atoms. The highest BCUT2D eigenvalue weighted by molar-refractivity contribution is 5.99. The fourth-order valence-electron chi connectivity index (χ4n) is 2.97. The molecule has 3 rings (SSSR count). The van der Waals surface area contributed by atoms with Gasteiger partial charge in [0.1, 0.15) is 0 Å². The fraction of sp³-hybridized carbons (Fsp3) is 0.304. The lowest BCUT2D eigenvalue weighted by Crippen LogP contribution is -2.34. The molecule has 0 aliphatic heterocycles. The van der Waals surface area contributed by atoms with E-state index in [-0.39, 0.29) is 11.9 Å². The normalized spacial score (nSPS) is 12.2. The number of amides is 1. The van der Waals surface area contributed by atoms with E-state index in [2.05, 4.69) is 18.8 Å². The highest BCUT2D eigenvalue weighted by Gasteiger charge is 2.20. The molecule has 146 valence electrons. The summed E-state index contributed by atoms with van der Waals surface area (Å²) in [5, 5.41) is 0. The Morgan fingerprint density at radius 2 is 1.79 bits per heavy atom. The van der Waals surface area contributed by atoms with E-state index in [4.69, 9.17) is 10.2 Å². The number of nitrogens with zero attached hydrogens (tertiary/aromatic N) is 2. The first kappa shape index (κ1) is 19.8. The van der Waals surface area contributed by atoms with Gasteiger partial charge in [-0.1, -0.05) is 56.3 Å². The first-order valence-electron chi connectivity index (χ1n) is 9.59. The summed E-state index contributed by atoms with van der Waals surface area (Å²) in [4.78, 5) is 19.1. The lowest BCUT2D eigenvalue weighted by Gasteiger charge is -2.22. The highest BCUT2D eigenvalue weighted by Crippen LogP contribution is 2.28. The van der Waals surface area contributed by atoms with Crippen LogP contribution in [0.3, 0.4) is 0 Å². The smallest absolute Gasteiger partial charge is 0.254 e. The first-order chi connectivity index (χ1) is 13.5. The number of aromatic nitrogens is 1. The molecule has 1 aromatic heterocycles. The van der Waals surface area contributed by atoms with Crippen molar-refractivity contribution in [3.8, 4) is 22.8 Å². The third-order valence-corrected chi connectivity index (χ3v) is 4.95. The molecule has 1 heterocycles. The van der Waals surface area contributed by atoms with Gasteiger partial charge in [-0.2, -0.15) is 0 Å². The molecule has 2 N–H and O–H groups in total. The van der Waals surface area contributed by atoms with Crippen LogP contribution >= 0.6 is 0 Å². The van der Waals surface area contributed by atoms with Crippen molar-refractivity contribution < 1.29 is 9.21 Å². The number of rotatable bonds is 7. The van der Waals surface area contributed by atoms with Gasteiger partial charge >= 0.3 is 0 Å². The molecule has 0 aliphatic rings. The maximum Gasteiger partial charge on any atom is 0.254 e. The molecule has 0 spiro atoms. The monoisotopic (exact) mass is 377 g/mol. The van der Waals surface area contributed by atoms with Gasteiger partial charge in [-0.25, -0.2) is 4.98 Å². The Morgan fingerprint density at radius 1 is 1.11 bits per heavy atom. The van der Waals surface area contributed by atoms with Crippen LogP contribution in [0.25, 0.3) is 22.8 Å². The standard InChI is InChI=1S/C23H27N3O2/c1-16(2)20(24)13-14-26(3)23(27)19-12-8-7-11-18(19)22-25-15-21(28-22)17-9-5-4-6-10-17/h4-12,15-16,20H,13-14,24H2,1-3H3. The van der Waals surface area contributed by atoms with Gasteiger partial charge in [0.2, 0.25) is 5.89 Å². The molecule has 1 atom stereocenters. The van der Waals surface area contributed by atoms with Crippen LogP contribution in [0.2, 0.25) is 0 Å². The van der Waals surface area contributed by atoms with E-state index in [1.165, 1.54) is 0 Å². The second kappa shape index (κ2) is 8.85. The Balaban J connectivity index is 1.82. The van der Waals surface area contributed by atoms with Crippen LogP contribution in [-0.2, 0) is 0 Å². The van der Waals surface area contributed by atoms with E-state index in [1.807, 2.05) is 54.6 Å². The summed E-state index contributed by atoms with van der Waals surface area (Å²) < 4.78 is 5.95. The van der Waals surface area contributed by atoms with E-state index in [9.17, 15) is 4.79 Å². The first-order valence-corrected chi connectivity index (χ1v) is 9.59. The van der Waals surface area contributed by atoms with Crippen molar-refractivity contribution in [2.45, 2.75) is 26.3 Å². The number of benzene rings is 2. The lowest BCUT2D eigenvalue weighted by molar-refractivity contribution is 0.0789. The summed E-state index contributed by atoms with van der Waals surface area (Å²) in [5.74, 6) is 1.44. The lowest BCUT2D eigenvalue weighted by atomic mass is 10.0. The third kappa shape index (κ3) is 4.49. The van der Waals surface area contributed by atoms with E-state index in [1.54, 1.807) is 18.1 Å². The largest absolute Gasteiger partial charge is 0.436 e. The zero-order valence-electron chi connectivity index (χ0n) is 16.6. The minimum absolute atomic E-state index is 0.0639. The summed E-state index contributed by atoms with van der Waals surface area (Å²) in [6.45, 7) is 4.79.